The number of rotatable bonds is 7. The minimum atomic E-state index is 0.0675. The number of nitrogens with zero attached hydrogens (tertiary/aromatic N) is 2. The zero-order valence-corrected chi connectivity index (χ0v) is 15.0. The number of aromatic nitrogens is 2. The number of hydrogen-bond donors (Lipinski definition) is 1. The van der Waals surface area contributed by atoms with Gasteiger partial charge in [-0.2, -0.15) is 5.10 Å². The summed E-state index contributed by atoms with van der Waals surface area (Å²) in [6.07, 6.45) is 1.15. The second-order valence-corrected chi connectivity index (χ2v) is 6.71. The maximum Gasteiger partial charge on any atom is 0.231 e. The van der Waals surface area contributed by atoms with Crippen LogP contribution >= 0.6 is 0 Å². The van der Waals surface area contributed by atoms with Crippen LogP contribution in [0.3, 0.4) is 0 Å². The third-order valence-corrected chi connectivity index (χ3v) is 4.31. The number of carbonyl (C=O) groups excluding carboxylic acids is 1. The van der Waals surface area contributed by atoms with Gasteiger partial charge >= 0.3 is 0 Å². The lowest BCUT2D eigenvalue weighted by atomic mass is 10.1. The Morgan fingerprint density at radius 1 is 1.28 bits per heavy atom. The molecule has 3 rings (SSSR count). The third-order valence-electron chi connectivity index (χ3n) is 4.31. The van der Waals surface area contributed by atoms with Gasteiger partial charge in [-0.3, -0.25) is 9.48 Å². The van der Waals surface area contributed by atoms with Gasteiger partial charge in [-0.15, -0.1) is 0 Å². The predicted molar refractivity (Wildman–Crippen MR) is 94.8 cm³/mol. The van der Waals surface area contributed by atoms with Gasteiger partial charge in [0.05, 0.1) is 5.69 Å². The maximum absolute atomic E-state index is 12.1. The molecule has 1 amide bonds. The average molecular weight is 343 g/mol. The third kappa shape index (κ3) is 4.53. The quantitative estimate of drug-likeness (QED) is 0.839. The van der Waals surface area contributed by atoms with E-state index in [4.69, 9.17) is 9.47 Å². The van der Waals surface area contributed by atoms with E-state index in [1.165, 1.54) is 0 Å². The van der Waals surface area contributed by atoms with Gasteiger partial charge in [0.25, 0.3) is 0 Å². The molecule has 1 unspecified atom stereocenters. The Labute approximate surface area is 148 Å². The van der Waals surface area contributed by atoms with Gasteiger partial charge < -0.3 is 14.8 Å². The number of hydrogen-bond acceptors (Lipinski definition) is 4. The highest BCUT2D eigenvalue weighted by molar-refractivity contribution is 5.76. The Bertz CT molecular complexity index is 754. The van der Waals surface area contributed by atoms with Crippen LogP contribution < -0.4 is 14.8 Å². The molecule has 6 heteroatoms. The van der Waals surface area contributed by atoms with Crippen LogP contribution in [0.15, 0.2) is 24.3 Å². The summed E-state index contributed by atoms with van der Waals surface area (Å²) in [4.78, 5) is 12.1. The first-order valence-corrected chi connectivity index (χ1v) is 8.67. The number of ether oxygens (including phenoxy) is 2. The van der Waals surface area contributed by atoms with Crippen LogP contribution in [-0.4, -0.2) is 29.0 Å². The van der Waals surface area contributed by atoms with Crippen LogP contribution in [0.25, 0.3) is 0 Å². The fourth-order valence-electron chi connectivity index (χ4n) is 2.95. The van der Waals surface area contributed by atoms with Gasteiger partial charge in [-0.1, -0.05) is 13.0 Å². The van der Waals surface area contributed by atoms with Crippen molar-refractivity contribution in [3.05, 3.63) is 41.2 Å². The molecule has 0 spiro atoms. The molecule has 0 saturated carbocycles. The molecule has 1 atom stereocenters. The molecule has 25 heavy (non-hydrogen) atoms. The Balaban J connectivity index is 1.41. The first-order chi connectivity index (χ1) is 12.0. The minimum absolute atomic E-state index is 0.0675. The summed E-state index contributed by atoms with van der Waals surface area (Å²) in [7, 11) is 0. The van der Waals surface area contributed by atoms with E-state index < -0.39 is 0 Å². The monoisotopic (exact) mass is 343 g/mol. The van der Waals surface area contributed by atoms with E-state index in [-0.39, 0.29) is 12.7 Å². The molecule has 0 aliphatic carbocycles. The van der Waals surface area contributed by atoms with E-state index in [0.29, 0.717) is 25.3 Å². The van der Waals surface area contributed by atoms with Crippen LogP contribution in [-0.2, 0) is 17.8 Å². The number of aryl methyl sites for hydroxylation is 3. The molecule has 2 heterocycles. The first-order valence-electron chi connectivity index (χ1n) is 8.67. The lowest BCUT2D eigenvalue weighted by Crippen LogP contribution is -2.30. The van der Waals surface area contributed by atoms with Crippen LogP contribution in [0.4, 0.5) is 0 Å². The van der Waals surface area contributed by atoms with Crippen molar-refractivity contribution in [2.75, 3.05) is 13.3 Å². The van der Waals surface area contributed by atoms with E-state index in [1.807, 2.05) is 29.8 Å². The molecule has 0 fully saturated rings. The van der Waals surface area contributed by atoms with Crippen molar-refractivity contribution in [3.63, 3.8) is 0 Å². The van der Waals surface area contributed by atoms with E-state index in [0.717, 1.165) is 35.0 Å². The molecular formula is C19H25N3O3. The lowest BCUT2D eigenvalue weighted by Gasteiger charge is -2.14. The van der Waals surface area contributed by atoms with Crippen LogP contribution in [0.1, 0.15) is 30.3 Å². The topological polar surface area (TPSA) is 65.4 Å². The van der Waals surface area contributed by atoms with Crippen LogP contribution in [0.5, 0.6) is 11.5 Å². The summed E-state index contributed by atoms with van der Waals surface area (Å²) in [6.45, 7) is 7.89. The largest absolute Gasteiger partial charge is 0.454 e. The normalized spacial score (nSPS) is 13.7. The smallest absolute Gasteiger partial charge is 0.231 e. The molecule has 0 radical (unpaired) electrons. The Morgan fingerprint density at radius 3 is 2.84 bits per heavy atom. The fraction of sp³-hybridized carbons (Fsp3) is 0.474. The molecule has 134 valence electrons. The van der Waals surface area contributed by atoms with Gasteiger partial charge in [0.1, 0.15) is 0 Å². The van der Waals surface area contributed by atoms with Gasteiger partial charge in [-0.05, 0) is 49.9 Å². The van der Waals surface area contributed by atoms with E-state index in [9.17, 15) is 4.79 Å². The summed E-state index contributed by atoms with van der Waals surface area (Å²) < 4.78 is 12.7. The zero-order valence-electron chi connectivity index (χ0n) is 15.0. The summed E-state index contributed by atoms with van der Waals surface area (Å²) in [5.41, 5.74) is 3.26. The number of carbonyl (C=O) groups is 1. The molecule has 2 aromatic rings. The SMILES string of the molecule is Cc1cc(C)n(CC(C)CNC(=O)CCc2ccc3c(c2)OCO3)n1. The van der Waals surface area contributed by atoms with Gasteiger partial charge in [0.15, 0.2) is 11.5 Å². The summed E-state index contributed by atoms with van der Waals surface area (Å²) >= 11 is 0. The first kappa shape index (κ1) is 17.3. The van der Waals surface area contributed by atoms with Gasteiger partial charge in [0, 0.05) is 25.2 Å². The highest BCUT2D eigenvalue weighted by Crippen LogP contribution is 2.32. The molecule has 0 saturated heterocycles. The summed E-state index contributed by atoms with van der Waals surface area (Å²) in [5.74, 6) is 1.92. The Morgan fingerprint density at radius 2 is 2.08 bits per heavy atom. The molecule has 1 N–H and O–H groups in total. The van der Waals surface area contributed by atoms with Crippen molar-refractivity contribution in [1.82, 2.24) is 15.1 Å². The van der Waals surface area contributed by atoms with Gasteiger partial charge in [-0.25, -0.2) is 0 Å². The second-order valence-electron chi connectivity index (χ2n) is 6.71. The van der Waals surface area contributed by atoms with Crippen LogP contribution in [0, 0.1) is 19.8 Å². The van der Waals surface area contributed by atoms with Crippen LogP contribution in [0.2, 0.25) is 0 Å². The number of benzene rings is 1. The number of nitrogens with one attached hydrogen (secondary N) is 1. The molecule has 1 aromatic heterocycles. The van der Waals surface area contributed by atoms with Gasteiger partial charge in [0.2, 0.25) is 12.7 Å². The average Bonchev–Trinajstić information content (AvgIpc) is 3.16. The number of amides is 1. The lowest BCUT2D eigenvalue weighted by molar-refractivity contribution is -0.121. The highest BCUT2D eigenvalue weighted by Gasteiger charge is 2.14. The van der Waals surface area contributed by atoms with E-state index in [1.54, 1.807) is 0 Å². The molecule has 6 nitrogen and oxygen atoms in total. The molecule has 0 bridgehead atoms. The fourth-order valence-corrected chi connectivity index (χ4v) is 2.95. The van der Waals surface area contributed by atoms with Crippen molar-refractivity contribution >= 4 is 5.91 Å². The summed E-state index contributed by atoms with van der Waals surface area (Å²) in [6, 6.07) is 7.88. The van der Waals surface area contributed by atoms with Crippen molar-refractivity contribution in [3.8, 4) is 11.5 Å². The predicted octanol–water partition coefficient (Wildman–Crippen LogP) is 2.61. The van der Waals surface area contributed by atoms with Crippen molar-refractivity contribution < 1.29 is 14.3 Å². The van der Waals surface area contributed by atoms with Crippen molar-refractivity contribution in [1.29, 1.82) is 0 Å². The number of fused-ring (bicyclic) bond motifs is 1. The standard InChI is InChI=1S/C19H25N3O3/c1-13(11-22-15(3)8-14(2)21-22)10-20-19(23)7-5-16-4-6-17-18(9-16)25-12-24-17/h4,6,8-9,13H,5,7,10-12H2,1-3H3,(H,20,23). The van der Waals surface area contributed by atoms with E-state index in [2.05, 4.69) is 30.3 Å². The van der Waals surface area contributed by atoms with E-state index >= 15 is 0 Å². The Kier molecular flexibility index (Phi) is 5.26. The minimum Gasteiger partial charge on any atom is -0.454 e. The molecule has 1 aliphatic heterocycles. The van der Waals surface area contributed by atoms with Crippen molar-refractivity contribution in [2.45, 2.75) is 40.2 Å². The summed E-state index contributed by atoms with van der Waals surface area (Å²) in [5, 5.41) is 7.48. The maximum atomic E-state index is 12.1. The second kappa shape index (κ2) is 7.59. The molecular weight excluding hydrogens is 318 g/mol. The molecule has 1 aromatic carbocycles. The highest BCUT2D eigenvalue weighted by atomic mass is 16.7. The Hall–Kier alpha value is -2.50. The zero-order chi connectivity index (χ0) is 17.8. The van der Waals surface area contributed by atoms with Crippen molar-refractivity contribution in [2.24, 2.45) is 5.92 Å². The molecule has 1 aliphatic rings.